The van der Waals surface area contributed by atoms with E-state index in [9.17, 15) is 23.7 Å². The Kier molecular flexibility index (Phi) is 11.9. The lowest BCUT2D eigenvalue weighted by Crippen LogP contribution is -2.12. The molecule has 13 heteroatoms. The highest BCUT2D eigenvalue weighted by Crippen LogP contribution is 2.49. The Hall–Kier alpha value is -11.2. The van der Waals surface area contributed by atoms with Crippen molar-refractivity contribution < 1.29 is 26.3 Å². The van der Waals surface area contributed by atoms with Crippen LogP contribution >= 0.6 is 0 Å². The standard InChI is InChI=1S/C67H33F6N7/c1-76-50-21-12-43(13-22-50)47-18-27-54-53-25-16-45(41-8-4-39(37-74)5-9-41)30-60(53)79(61(54)32-47)64-35-57(52-29-20-49(66(68,69)70)34-58(52)67(71,72)73)59(78-3)36-65(64)80-62-31-46(42-10-6-40(38-75)7-11-42)17-26-55(62)56-28-19-48(33-63(56)80)44-14-23-51(77-2)24-15-44/h4-36H. The summed E-state index contributed by atoms with van der Waals surface area (Å²) < 4.78 is 93.0. The zero-order valence-electron chi connectivity index (χ0n) is 41.5. The van der Waals surface area contributed by atoms with E-state index in [1.165, 1.54) is 12.1 Å². The fraction of sp³-hybridized carbons (Fsp3) is 0.0299. The van der Waals surface area contributed by atoms with Crippen molar-refractivity contribution >= 4 is 60.7 Å². The number of hydrogen-bond acceptors (Lipinski definition) is 2. The Morgan fingerprint density at radius 2 is 0.700 bits per heavy atom. The number of rotatable bonds is 7. The molecule has 0 aliphatic carbocycles. The van der Waals surface area contributed by atoms with Gasteiger partial charge in [0.1, 0.15) is 0 Å². The van der Waals surface area contributed by atoms with Crippen molar-refractivity contribution in [1.29, 1.82) is 10.5 Å². The van der Waals surface area contributed by atoms with E-state index >= 15 is 13.2 Å². The molecule has 12 rings (SSSR count). The summed E-state index contributed by atoms with van der Waals surface area (Å²) in [6.07, 6.45) is -10.4. The lowest BCUT2D eigenvalue weighted by molar-refractivity contribution is -0.142. The number of benzene rings is 10. The minimum Gasteiger partial charge on any atom is -0.308 e. The molecule has 2 aromatic heterocycles. The molecule has 0 unspecified atom stereocenters. The summed E-state index contributed by atoms with van der Waals surface area (Å²) in [4.78, 5) is 11.0. The van der Waals surface area contributed by atoms with Gasteiger partial charge in [0.2, 0.25) is 0 Å². The van der Waals surface area contributed by atoms with E-state index in [0.717, 1.165) is 72.1 Å². The fourth-order valence-electron chi connectivity index (χ4n) is 10.6. The van der Waals surface area contributed by atoms with Crippen LogP contribution in [0.15, 0.2) is 200 Å². The molecule has 0 bridgehead atoms. The van der Waals surface area contributed by atoms with Gasteiger partial charge in [-0.2, -0.15) is 36.9 Å². The van der Waals surface area contributed by atoms with Crippen LogP contribution in [0.5, 0.6) is 0 Å². The molecule has 12 aromatic rings. The summed E-state index contributed by atoms with van der Waals surface area (Å²) in [5.41, 5.74) is 6.49. The van der Waals surface area contributed by atoms with E-state index < -0.39 is 29.0 Å². The Labute approximate surface area is 453 Å². The second-order valence-corrected chi connectivity index (χ2v) is 19.0. The monoisotopic (exact) mass is 1050 g/mol. The largest absolute Gasteiger partial charge is 0.416 e. The Balaban J connectivity index is 1.26. The van der Waals surface area contributed by atoms with Crippen LogP contribution in [0.4, 0.5) is 43.4 Å². The number of nitrogens with zero attached hydrogens (tertiary/aromatic N) is 7. The van der Waals surface area contributed by atoms with Gasteiger partial charge in [-0.1, -0.05) is 127 Å². The smallest absolute Gasteiger partial charge is 0.308 e. The van der Waals surface area contributed by atoms with Crippen LogP contribution in [0.25, 0.3) is 125 Å². The number of nitriles is 2. The predicted molar refractivity (Wildman–Crippen MR) is 301 cm³/mol. The number of fused-ring (bicyclic) bond motifs is 6. The predicted octanol–water partition coefficient (Wildman–Crippen LogP) is 19.6. The van der Waals surface area contributed by atoms with Crippen molar-refractivity contribution in [3.63, 3.8) is 0 Å². The lowest BCUT2D eigenvalue weighted by Gasteiger charge is -2.22. The second-order valence-electron chi connectivity index (χ2n) is 19.0. The van der Waals surface area contributed by atoms with Crippen LogP contribution in [0.2, 0.25) is 0 Å². The molecule has 0 N–H and O–H groups in total. The second kappa shape index (κ2) is 19.1. The molecule has 0 fully saturated rings. The average molecular weight is 1050 g/mol. The number of halogens is 6. The van der Waals surface area contributed by atoms with Crippen molar-refractivity contribution in [3.8, 4) is 79.1 Å². The molecule has 378 valence electrons. The average Bonchev–Trinajstić information content (AvgIpc) is 3.95. The van der Waals surface area contributed by atoms with E-state index in [-0.39, 0.29) is 23.0 Å². The maximum Gasteiger partial charge on any atom is 0.416 e. The summed E-state index contributed by atoms with van der Waals surface area (Å²) in [6.45, 7) is 23.8. The molecule has 7 nitrogen and oxygen atoms in total. The van der Waals surface area contributed by atoms with Gasteiger partial charge in [0.25, 0.3) is 0 Å². The first-order chi connectivity index (χ1) is 38.7. The van der Waals surface area contributed by atoms with Gasteiger partial charge in [-0.15, -0.1) is 0 Å². The fourth-order valence-corrected chi connectivity index (χ4v) is 10.6. The molecule has 80 heavy (non-hydrogen) atoms. The first-order valence-corrected chi connectivity index (χ1v) is 24.6. The zero-order chi connectivity index (χ0) is 55.6. The van der Waals surface area contributed by atoms with Crippen LogP contribution < -0.4 is 0 Å². The van der Waals surface area contributed by atoms with E-state index in [4.69, 9.17) is 19.7 Å². The van der Waals surface area contributed by atoms with Crippen LogP contribution in [0.3, 0.4) is 0 Å². The molecule has 0 aliphatic rings. The van der Waals surface area contributed by atoms with Gasteiger partial charge in [0, 0.05) is 21.5 Å². The summed E-state index contributed by atoms with van der Waals surface area (Å²) in [5, 5.41) is 22.3. The quantitative estimate of drug-likeness (QED) is 0.118. The SMILES string of the molecule is [C-]#[N+]c1ccc(-c2ccc3c4ccc(-c5ccc(C#N)cc5)cc4n(-c4cc([N+]#[C-])c(-c5ccc(C(F)(F)F)cc5C(F)(F)F)cc4-n4c5cc(-c6ccc(C#N)cc6)ccc5c5ccc(-c6ccc([N+]#[C-])cc6)cc54)c3c2)cc1. The van der Waals surface area contributed by atoms with Crippen LogP contribution in [-0.2, 0) is 12.4 Å². The van der Waals surface area contributed by atoms with Gasteiger partial charge >= 0.3 is 12.4 Å². The molecule has 0 saturated heterocycles. The summed E-state index contributed by atoms with van der Waals surface area (Å²) in [5.74, 6) is 0. The van der Waals surface area contributed by atoms with E-state index in [1.807, 2.05) is 130 Å². The third-order valence-electron chi connectivity index (χ3n) is 14.5. The topological polar surface area (TPSA) is 70.5 Å². The Morgan fingerprint density at radius 3 is 1.02 bits per heavy atom. The van der Waals surface area contributed by atoms with Crippen LogP contribution in [0.1, 0.15) is 22.3 Å². The van der Waals surface area contributed by atoms with E-state index in [2.05, 4.69) is 26.7 Å². The third kappa shape index (κ3) is 8.57. The molecule has 0 saturated carbocycles. The van der Waals surface area contributed by atoms with Crippen molar-refractivity contribution in [2.24, 2.45) is 0 Å². The van der Waals surface area contributed by atoms with Gasteiger partial charge in [-0.05, 0) is 128 Å². The normalized spacial score (nSPS) is 11.6. The van der Waals surface area contributed by atoms with Crippen molar-refractivity contribution in [2.75, 3.05) is 0 Å². The molecule has 0 radical (unpaired) electrons. The summed E-state index contributed by atoms with van der Waals surface area (Å²) in [6, 6.07) is 60.3. The first kappa shape index (κ1) is 49.7. The van der Waals surface area contributed by atoms with Gasteiger partial charge in [0.15, 0.2) is 17.1 Å². The Morgan fingerprint density at radius 1 is 0.350 bits per heavy atom. The molecule has 0 amide bonds. The summed E-state index contributed by atoms with van der Waals surface area (Å²) in [7, 11) is 0. The minimum absolute atomic E-state index is 0.0797. The molecular weight excluding hydrogens is 1020 g/mol. The van der Waals surface area contributed by atoms with Gasteiger partial charge in [0.05, 0.1) is 87.6 Å². The van der Waals surface area contributed by atoms with E-state index in [1.54, 1.807) is 48.5 Å². The molecule has 0 atom stereocenters. The molecule has 0 spiro atoms. The molecule has 2 heterocycles. The summed E-state index contributed by atoms with van der Waals surface area (Å²) >= 11 is 0. The third-order valence-corrected chi connectivity index (χ3v) is 14.5. The molecule has 10 aromatic carbocycles. The molecular formula is C67H33F6N7. The molecule has 0 aliphatic heterocycles. The zero-order valence-corrected chi connectivity index (χ0v) is 41.5. The number of alkyl halides is 6. The first-order valence-electron chi connectivity index (χ1n) is 24.6. The van der Waals surface area contributed by atoms with E-state index in [0.29, 0.717) is 56.3 Å². The van der Waals surface area contributed by atoms with Gasteiger partial charge in [-0.3, -0.25) is 0 Å². The lowest BCUT2D eigenvalue weighted by atomic mass is 9.94. The minimum atomic E-state index is -5.30. The van der Waals surface area contributed by atoms with Gasteiger partial charge in [-0.25, -0.2) is 14.5 Å². The number of hydrogen-bond donors (Lipinski definition) is 0. The van der Waals surface area contributed by atoms with Crippen molar-refractivity contribution in [1.82, 2.24) is 9.13 Å². The van der Waals surface area contributed by atoms with Crippen molar-refractivity contribution in [2.45, 2.75) is 12.4 Å². The number of aromatic nitrogens is 2. The maximum absolute atomic E-state index is 15.4. The highest BCUT2D eigenvalue weighted by atomic mass is 19.4. The van der Waals surface area contributed by atoms with Crippen LogP contribution in [0, 0.1) is 42.4 Å². The highest BCUT2D eigenvalue weighted by Gasteiger charge is 2.39. The van der Waals surface area contributed by atoms with Gasteiger partial charge < -0.3 is 9.13 Å². The highest BCUT2D eigenvalue weighted by molar-refractivity contribution is 6.14. The maximum atomic E-state index is 15.4. The van der Waals surface area contributed by atoms with Crippen LogP contribution in [-0.4, -0.2) is 9.13 Å². The van der Waals surface area contributed by atoms with Crippen molar-refractivity contribution in [3.05, 3.63) is 257 Å². The Bertz CT molecular complexity index is 4530.